The number of halogens is 1. The van der Waals surface area contributed by atoms with E-state index < -0.39 is 0 Å². The van der Waals surface area contributed by atoms with Crippen LogP contribution >= 0.6 is 11.6 Å². The summed E-state index contributed by atoms with van der Waals surface area (Å²) in [4.78, 5) is 37.2. The Bertz CT molecular complexity index is 1080. The molecule has 0 aliphatic carbocycles. The Labute approximate surface area is 192 Å². The molecule has 4 rings (SSSR count). The van der Waals surface area contributed by atoms with Crippen LogP contribution in [0.1, 0.15) is 42.9 Å². The standard InChI is InChI=1S/C23H25ClN6O2/c1-4-19(32-23-27-11-16(24)12-28-23)18-10-14(2)13-30(18)22(31)20-17(7-6-15(3)29-20)21-25-8-5-9-26-21/h5-9,11-12,14,18-19H,4,10,13H2,1-3H3. The molecule has 1 aliphatic rings. The van der Waals surface area contributed by atoms with Crippen LogP contribution in [-0.2, 0) is 0 Å². The molecule has 1 aliphatic heterocycles. The van der Waals surface area contributed by atoms with Crippen molar-refractivity contribution in [3.8, 4) is 17.4 Å². The maximum absolute atomic E-state index is 13.8. The van der Waals surface area contributed by atoms with Crippen LogP contribution in [0.25, 0.3) is 11.4 Å². The molecule has 3 aromatic rings. The Morgan fingerprint density at radius 1 is 1.22 bits per heavy atom. The highest BCUT2D eigenvalue weighted by atomic mass is 35.5. The summed E-state index contributed by atoms with van der Waals surface area (Å²) < 4.78 is 6.09. The van der Waals surface area contributed by atoms with Crippen molar-refractivity contribution in [1.29, 1.82) is 0 Å². The fourth-order valence-electron chi connectivity index (χ4n) is 4.08. The summed E-state index contributed by atoms with van der Waals surface area (Å²) in [5, 5.41) is 0.442. The van der Waals surface area contributed by atoms with Crippen LogP contribution < -0.4 is 4.74 Å². The summed E-state index contributed by atoms with van der Waals surface area (Å²) in [5.41, 5.74) is 1.73. The number of aryl methyl sites for hydroxylation is 1. The molecule has 0 aromatic carbocycles. The lowest BCUT2D eigenvalue weighted by Crippen LogP contribution is -2.45. The van der Waals surface area contributed by atoms with Crippen LogP contribution in [0, 0.1) is 12.8 Å². The molecule has 8 nitrogen and oxygen atoms in total. The molecule has 1 fully saturated rings. The molecule has 166 valence electrons. The van der Waals surface area contributed by atoms with Gasteiger partial charge in [-0.15, -0.1) is 0 Å². The van der Waals surface area contributed by atoms with Gasteiger partial charge in [-0.05, 0) is 43.9 Å². The lowest BCUT2D eigenvalue weighted by atomic mass is 10.0. The summed E-state index contributed by atoms with van der Waals surface area (Å²) in [6.07, 6.45) is 7.57. The average molecular weight is 453 g/mol. The first-order valence-corrected chi connectivity index (χ1v) is 11.0. The van der Waals surface area contributed by atoms with E-state index in [4.69, 9.17) is 16.3 Å². The van der Waals surface area contributed by atoms with Crippen molar-refractivity contribution in [3.63, 3.8) is 0 Å². The molecule has 3 unspecified atom stereocenters. The van der Waals surface area contributed by atoms with Crippen LogP contribution in [0.2, 0.25) is 5.02 Å². The van der Waals surface area contributed by atoms with Crippen molar-refractivity contribution in [2.24, 2.45) is 5.92 Å². The van der Waals surface area contributed by atoms with Gasteiger partial charge < -0.3 is 9.64 Å². The first-order chi connectivity index (χ1) is 15.5. The van der Waals surface area contributed by atoms with E-state index in [2.05, 4.69) is 31.8 Å². The maximum atomic E-state index is 13.8. The second kappa shape index (κ2) is 9.56. The Hall–Kier alpha value is -3.13. The van der Waals surface area contributed by atoms with Gasteiger partial charge >= 0.3 is 6.01 Å². The topological polar surface area (TPSA) is 94.0 Å². The zero-order chi connectivity index (χ0) is 22.7. The van der Waals surface area contributed by atoms with Crippen LogP contribution in [0.3, 0.4) is 0 Å². The summed E-state index contributed by atoms with van der Waals surface area (Å²) >= 11 is 5.89. The third kappa shape index (κ3) is 4.70. The van der Waals surface area contributed by atoms with E-state index in [9.17, 15) is 4.79 Å². The highest BCUT2D eigenvalue weighted by molar-refractivity contribution is 6.30. The number of hydrogen-bond donors (Lipinski definition) is 0. The molecule has 1 amide bonds. The van der Waals surface area contributed by atoms with E-state index >= 15 is 0 Å². The van der Waals surface area contributed by atoms with Gasteiger partial charge in [0.1, 0.15) is 11.8 Å². The average Bonchev–Trinajstić information content (AvgIpc) is 3.20. The van der Waals surface area contributed by atoms with E-state index in [1.165, 1.54) is 12.4 Å². The van der Waals surface area contributed by atoms with Crippen molar-refractivity contribution >= 4 is 17.5 Å². The lowest BCUT2D eigenvalue weighted by Gasteiger charge is -2.31. The second-order valence-corrected chi connectivity index (χ2v) is 8.47. The Kier molecular flexibility index (Phi) is 6.60. The monoisotopic (exact) mass is 452 g/mol. The van der Waals surface area contributed by atoms with Crippen LogP contribution in [0.4, 0.5) is 0 Å². The van der Waals surface area contributed by atoms with Crippen LogP contribution in [0.15, 0.2) is 43.0 Å². The van der Waals surface area contributed by atoms with Crippen molar-refractivity contribution < 1.29 is 9.53 Å². The van der Waals surface area contributed by atoms with E-state index in [1.54, 1.807) is 18.5 Å². The molecule has 4 heterocycles. The van der Waals surface area contributed by atoms with Gasteiger partial charge in [0.05, 0.1) is 29.0 Å². The van der Waals surface area contributed by atoms with E-state index in [1.807, 2.05) is 30.9 Å². The van der Waals surface area contributed by atoms with E-state index in [-0.39, 0.29) is 24.1 Å². The SMILES string of the molecule is CCC(Oc1ncc(Cl)cn1)C1CC(C)CN1C(=O)c1nc(C)ccc1-c1ncccn1. The van der Waals surface area contributed by atoms with Crippen molar-refractivity contribution in [2.45, 2.75) is 45.8 Å². The molecule has 32 heavy (non-hydrogen) atoms. The van der Waals surface area contributed by atoms with Crippen LogP contribution in [0.5, 0.6) is 6.01 Å². The van der Waals surface area contributed by atoms with Crippen molar-refractivity contribution in [1.82, 2.24) is 29.8 Å². The normalized spacial score (nSPS) is 19.1. The molecule has 0 spiro atoms. The molecule has 0 N–H and O–H groups in total. The molecular weight excluding hydrogens is 428 g/mol. The smallest absolute Gasteiger partial charge is 0.316 e. The molecule has 3 aromatic heterocycles. The van der Waals surface area contributed by atoms with Gasteiger partial charge in [-0.1, -0.05) is 25.4 Å². The van der Waals surface area contributed by atoms with Crippen LogP contribution in [-0.4, -0.2) is 54.4 Å². The van der Waals surface area contributed by atoms with Gasteiger partial charge in [-0.2, -0.15) is 0 Å². The first kappa shape index (κ1) is 22.1. The zero-order valence-corrected chi connectivity index (χ0v) is 19.0. The number of rotatable bonds is 6. The predicted octanol–water partition coefficient (Wildman–Crippen LogP) is 4.00. The third-order valence-corrected chi connectivity index (χ3v) is 5.74. The predicted molar refractivity (Wildman–Crippen MR) is 120 cm³/mol. The Morgan fingerprint density at radius 3 is 2.62 bits per heavy atom. The fraction of sp³-hybridized carbons (Fsp3) is 0.391. The number of likely N-dealkylation sites (tertiary alicyclic amines) is 1. The first-order valence-electron chi connectivity index (χ1n) is 10.7. The van der Waals surface area contributed by atoms with E-state index in [0.717, 1.165) is 12.1 Å². The molecular formula is C23H25ClN6O2. The molecule has 1 saturated heterocycles. The lowest BCUT2D eigenvalue weighted by molar-refractivity contribution is 0.0519. The number of carbonyl (C=O) groups excluding carboxylic acids is 1. The van der Waals surface area contributed by atoms with Gasteiger partial charge in [0, 0.05) is 24.6 Å². The van der Waals surface area contributed by atoms with Crippen molar-refractivity contribution in [2.75, 3.05) is 6.54 Å². The number of carbonyl (C=O) groups is 1. The van der Waals surface area contributed by atoms with E-state index in [0.29, 0.717) is 41.0 Å². The number of ether oxygens (including phenoxy) is 1. The van der Waals surface area contributed by atoms with Gasteiger partial charge in [0.15, 0.2) is 5.82 Å². The summed E-state index contributed by atoms with van der Waals surface area (Å²) in [6, 6.07) is 5.58. The molecule has 3 atom stereocenters. The number of pyridine rings is 1. The zero-order valence-electron chi connectivity index (χ0n) is 18.3. The number of amides is 1. The number of nitrogens with zero attached hydrogens (tertiary/aromatic N) is 6. The quantitative estimate of drug-likeness (QED) is 0.557. The highest BCUT2D eigenvalue weighted by Gasteiger charge is 2.40. The second-order valence-electron chi connectivity index (χ2n) is 8.04. The van der Waals surface area contributed by atoms with Gasteiger partial charge in [0.2, 0.25) is 0 Å². The fourth-order valence-corrected chi connectivity index (χ4v) is 4.17. The molecule has 0 bridgehead atoms. The number of aromatic nitrogens is 5. The summed E-state index contributed by atoms with van der Waals surface area (Å²) in [6.45, 7) is 6.65. The largest absolute Gasteiger partial charge is 0.458 e. The Balaban J connectivity index is 1.65. The van der Waals surface area contributed by atoms with Gasteiger partial charge in [-0.3, -0.25) is 4.79 Å². The molecule has 0 saturated carbocycles. The Morgan fingerprint density at radius 2 is 1.94 bits per heavy atom. The minimum Gasteiger partial charge on any atom is -0.458 e. The van der Waals surface area contributed by atoms with Crippen molar-refractivity contribution in [3.05, 3.63) is 59.4 Å². The number of hydrogen-bond acceptors (Lipinski definition) is 7. The van der Waals surface area contributed by atoms with Gasteiger partial charge in [-0.25, -0.2) is 24.9 Å². The maximum Gasteiger partial charge on any atom is 0.316 e. The molecule has 9 heteroatoms. The third-order valence-electron chi connectivity index (χ3n) is 5.54. The summed E-state index contributed by atoms with van der Waals surface area (Å²) in [7, 11) is 0. The van der Waals surface area contributed by atoms with Gasteiger partial charge in [0.25, 0.3) is 5.91 Å². The minimum atomic E-state index is -0.258. The minimum absolute atomic E-state index is 0.131. The highest BCUT2D eigenvalue weighted by Crippen LogP contribution is 2.31. The molecule has 0 radical (unpaired) electrons. The summed E-state index contributed by atoms with van der Waals surface area (Å²) in [5.74, 6) is 0.656.